The molecule has 0 amide bonds. The maximum atomic E-state index is 3.89. The van der Waals surface area contributed by atoms with Crippen molar-refractivity contribution in [3.8, 4) is 0 Å². The normalized spacial score (nSPS) is 13.7. The van der Waals surface area contributed by atoms with Crippen LogP contribution >= 0.6 is 0 Å². The van der Waals surface area contributed by atoms with E-state index in [4.69, 9.17) is 0 Å². The molecule has 0 radical (unpaired) electrons. The Bertz CT molecular complexity index is 539. The number of aromatic nitrogens is 1. The van der Waals surface area contributed by atoms with Crippen molar-refractivity contribution >= 4 is 24.3 Å². The quantitative estimate of drug-likeness (QED) is 0.727. The Morgan fingerprint density at radius 3 is 2.31 bits per heavy atom. The molecule has 0 bridgehead atoms. The van der Waals surface area contributed by atoms with E-state index in [2.05, 4.69) is 36.9 Å². The van der Waals surface area contributed by atoms with Gasteiger partial charge in [0.1, 0.15) is 0 Å². The molecule has 1 heteroatoms. The highest BCUT2D eigenvalue weighted by molar-refractivity contribution is 5.65. The zero-order valence-electron chi connectivity index (χ0n) is 10.3. The fraction of sp³-hybridized carbons (Fsp3) is 0.200. The third-order valence-electron chi connectivity index (χ3n) is 2.65. The van der Waals surface area contributed by atoms with Crippen LogP contribution in [0.15, 0.2) is 25.3 Å². The number of hydrogen-bond donors (Lipinski definition) is 0. The largest absolute Gasteiger partial charge is 0.344 e. The van der Waals surface area contributed by atoms with Crippen LogP contribution in [0.25, 0.3) is 24.3 Å². The van der Waals surface area contributed by atoms with Gasteiger partial charge in [-0.05, 0) is 19.9 Å². The van der Waals surface area contributed by atoms with Crippen LogP contribution in [-0.2, 0) is 7.05 Å². The van der Waals surface area contributed by atoms with Gasteiger partial charge in [-0.1, -0.05) is 43.5 Å². The SMILES string of the molecule is C=C/C=c1/c(C=C)c(/C=C\C)n(C)/c1=C/C. The molecule has 0 saturated carbocycles. The van der Waals surface area contributed by atoms with E-state index in [-0.39, 0.29) is 0 Å². The summed E-state index contributed by atoms with van der Waals surface area (Å²) < 4.78 is 2.17. The van der Waals surface area contributed by atoms with E-state index in [9.17, 15) is 0 Å². The van der Waals surface area contributed by atoms with E-state index in [1.807, 2.05) is 38.2 Å². The molecule has 16 heavy (non-hydrogen) atoms. The minimum atomic E-state index is 1.16. The van der Waals surface area contributed by atoms with Crippen molar-refractivity contribution < 1.29 is 0 Å². The first-order valence-electron chi connectivity index (χ1n) is 5.44. The smallest absolute Gasteiger partial charge is 0.0485 e. The van der Waals surface area contributed by atoms with Gasteiger partial charge in [0.2, 0.25) is 0 Å². The molecule has 1 aromatic rings. The van der Waals surface area contributed by atoms with E-state index in [1.54, 1.807) is 0 Å². The van der Waals surface area contributed by atoms with Gasteiger partial charge < -0.3 is 4.57 Å². The molecule has 1 nitrogen and oxygen atoms in total. The van der Waals surface area contributed by atoms with Crippen molar-refractivity contribution in [1.29, 1.82) is 0 Å². The standard InChI is InChI=1S/C15H19N/c1-6-10-13-12(8-3)15(11-7-2)16(5)14(13)9-4/h6-11H,1,3H2,2,4-5H3/b11-7-,13-10-,14-9+. The summed E-state index contributed by atoms with van der Waals surface area (Å²) in [7, 11) is 2.07. The Kier molecular flexibility index (Phi) is 4.12. The molecular weight excluding hydrogens is 194 g/mol. The van der Waals surface area contributed by atoms with Crippen LogP contribution < -0.4 is 10.6 Å². The molecular formula is C15H19N. The molecule has 1 aromatic heterocycles. The lowest BCUT2D eigenvalue weighted by molar-refractivity contribution is 0.875. The van der Waals surface area contributed by atoms with Crippen LogP contribution in [0.5, 0.6) is 0 Å². The van der Waals surface area contributed by atoms with Gasteiger partial charge in [0.05, 0.1) is 0 Å². The van der Waals surface area contributed by atoms with Gasteiger partial charge in [-0.25, -0.2) is 0 Å². The highest BCUT2D eigenvalue weighted by Crippen LogP contribution is 2.06. The fourth-order valence-corrected chi connectivity index (χ4v) is 1.98. The highest BCUT2D eigenvalue weighted by Gasteiger charge is 2.05. The van der Waals surface area contributed by atoms with E-state index < -0.39 is 0 Å². The van der Waals surface area contributed by atoms with Crippen molar-refractivity contribution in [2.24, 2.45) is 7.05 Å². The summed E-state index contributed by atoms with van der Waals surface area (Å²) in [5.74, 6) is 0. The molecule has 0 aromatic carbocycles. The first-order valence-corrected chi connectivity index (χ1v) is 5.44. The lowest BCUT2D eigenvalue weighted by Crippen LogP contribution is -2.28. The zero-order chi connectivity index (χ0) is 12.1. The summed E-state index contributed by atoms with van der Waals surface area (Å²) in [4.78, 5) is 0. The molecule has 0 aliphatic heterocycles. The molecule has 0 aliphatic carbocycles. The average Bonchev–Trinajstić information content (AvgIpc) is 2.53. The molecule has 84 valence electrons. The highest BCUT2D eigenvalue weighted by atomic mass is 14.9. The average molecular weight is 213 g/mol. The van der Waals surface area contributed by atoms with Crippen molar-refractivity contribution in [1.82, 2.24) is 4.57 Å². The summed E-state index contributed by atoms with van der Waals surface area (Å²) in [6.07, 6.45) is 12.0. The van der Waals surface area contributed by atoms with Crippen molar-refractivity contribution in [2.75, 3.05) is 0 Å². The third kappa shape index (κ3) is 1.94. The summed E-state index contributed by atoms with van der Waals surface area (Å²) in [6.45, 7) is 11.7. The van der Waals surface area contributed by atoms with Gasteiger partial charge in [0.15, 0.2) is 0 Å². The van der Waals surface area contributed by atoms with E-state index in [0.717, 1.165) is 5.56 Å². The van der Waals surface area contributed by atoms with Gasteiger partial charge in [-0.15, -0.1) is 0 Å². The van der Waals surface area contributed by atoms with Gasteiger partial charge in [-0.2, -0.15) is 0 Å². The number of allylic oxidation sites excluding steroid dienone is 2. The first-order chi connectivity index (χ1) is 7.71. The monoisotopic (exact) mass is 213 g/mol. The Hall–Kier alpha value is -1.76. The summed E-state index contributed by atoms with van der Waals surface area (Å²) >= 11 is 0. The predicted molar refractivity (Wildman–Crippen MR) is 74.3 cm³/mol. The number of nitrogens with zero attached hydrogens (tertiary/aromatic N) is 1. The topological polar surface area (TPSA) is 4.93 Å². The molecule has 0 saturated heterocycles. The zero-order valence-corrected chi connectivity index (χ0v) is 10.3. The molecule has 0 unspecified atom stereocenters. The summed E-state index contributed by atoms with van der Waals surface area (Å²) in [5.41, 5.74) is 2.34. The Morgan fingerprint density at radius 2 is 1.88 bits per heavy atom. The predicted octanol–water partition coefficient (Wildman–Crippen LogP) is 2.47. The fourth-order valence-electron chi connectivity index (χ4n) is 1.98. The Balaban J connectivity index is 3.87. The van der Waals surface area contributed by atoms with Crippen LogP contribution in [0.3, 0.4) is 0 Å². The molecule has 1 rings (SSSR count). The first kappa shape index (κ1) is 12.3. The van der Waals surface area contributed by atoms with E-state index >= 15 is 0 Å². The minimum Gasteiger partial charge on any atom is -0.344 e. The van der Waals surface area contributed by atoms with Crippen LogP contribution in [0.1, 0.15) is 25.1 Å². The van der Waals surface area contributed by atoms with Crippen LogP contribution in [0.4, 0.5) is 0 Å². The van der Waals surface area contributed by atoms with E-state index in [0.29, 0.717) is 0 Å². The Morgan fingerprint density at radius 1 is 1.19 bits per heavy atom. The van der Waals surface area contributed by atoms with Crippen LogP contribution in [0, 0.1) is 0 Å². The lowest BCUT2D eigenvalue weighted by Gasteiger charge is -1.98. The maximum Gasteiger partial charge on any atom is 0.0485 e. The molecule has 0 spiro atoms. The van der Waals surface area contributed by atoms with Gasteiger partial charge in [0.25, 0.3) is 0 Å². The van der Waals surface area contributed by atoms with Crippen molar-refractivity contribution in [2.45, 2.75) is 13.8 Å². The van der Waals surface area contributed by atoms with Crippen LogP contribution in [-0.4, -0.2) is 4.57 Å². The van der Waals surface area contributed by atoms with E-state index in [1.165, 1.54) is 16.3 Å². The van der Waals surface area contributed by atoms with Crippen LogP contribution in [0.2, 0.25) is 0 Å². The second-order valence-corrected chi connectivity index (χ2v) is 3.55. The van der Waals surface area contributed by atoms with Gasteiger partial charge in [-0.3, -0.25) is 0 Å². The lowest BCUT2D eigenvalue weighted by atomic mass is 10.1. The second kappa shape index (κ2) is 5.36. The van der Waals surface area contributed by atoms with Crippen molar-refractivity contribution in [3.63, 3.8) is 0 Å². The summed E-state index contributed by atoms with van der Waals surface area (Å²) in [5, 5.41) is 2.38. The minimum absolute atomic E-state index is 1.16. The molecule has 0 N–H and O–H groups in total. The Labute approximate surface area is 97.4 Å². The molecule has 0 aliphatic rings. The number of hydrogen-bond acceptors (Lipinski definition) is 0. The van der Waals surface area contributed by atoms with Gasteiger partial charge in [0, 0.05) is 28.9 Å². The summed E-state index contributed by atoms with van der Waals surface area (Å²) in [6, 6.07) is 0. The molecule has 0 atom stereocenters. The third-order valence-corrected chi connectivity index (χ3v) is 2.65. The second-order valence-electron chi connectivity index (χ2n) is 3.55. The van der Waals surface area contributed by atoms with Crippen molar-refractivity contribution in [3.05, 3.63) is 47.1 Å². The van der Waals surface area contributed by atoms with Gasteiger partial charge >= 0.3 is 0 Å². The molecule has 0 fully saturated rings. The molecule has 1 heterocycles. The maximum absolute atomic E-state index is 3.89. The number of rotatable bonds is 3.